The molecule has 0 saturated carbocycles. The van der Waals surface area contributed by atoms with Gasteiger partial charge in [0.05, 0.1) is 20.7 Å². The third-order valence-corrected chi connectivity index (χ3v) is 3.85. The molecule has 0 fully saturated rings. The van der Waals surface area contributed by atoms with Crippen molar-refractivity contribution >= 4 is 40.5 Å². The van der Waals surface area contributed by atoms with E-state index in [1.807, 2.05) is 0 Å². The highest BCUT2D eigenvalue weighted by Crippen LogP contribution is 2.25. The van der Waals surface area contributed by atoms with Crippen molar-refractivity contribution in [3.63, 3.8) is 0 Å². The summed E-state index contributed by atoms with van der Waals surface area (Å²) in [5.41, 5.74) is 3.30. The monoisotopic (exact) mass is 381 g/mol. The van der Waals surface area contributed by atoms with Crippen LogP contribution in [0.15, 0.2) is 47.6 Å². The minimum absolute atomic E-state index is 0.00725. The first-order valence-electron chi connectivity index (χ1n) is 7.03. The Kier molecular flexibility index (Phi) is 6.32. The molecule has 0 heterocycles. The van der Waals surface area contributed by atoms with Crippen molar-refractivity contribution in [2.75, 3.05) is 6.61 Å². The van der Waals surface area contributed by atoms with Crippen LogP contribution < -0.4 is 10.2 Å². The Hall–Kier alpha value is -2.64. The van der Waals surface area contributed by atoms with Crippen LogP contribution in [0.2, 0.25) is 10.0 Å². The van der Waals surface area contributed by atoms with Crippen molar-refractivity contribution in [2.45, 2.75) is 6.92 Å². The second-order valence-electron chi connectivity index (χ2n) is 4.87. The van der Waals surface area contributed by atoms with E-state index in [1.54, 1.807) is 31.2 Å². The zero-order valence-electron chi connectivity index (χ0n) is 13.0. The fourth-order valence-electron chi connectivity index (χ4n) is 1.84. The Morgan fingerprint density at radius 2 is 1.96 bits per heavy atom. The minimum atomic E-state index is -0.584. The van der Waals surface area contributed by atoms with Crippen LogP contribution in [0.3, 0.4) is 0 Å². The number of carbonyl (C=O) groups is 1. The van der Waals surface area contributed by atoms with Gasteiger partial charge in [-0.25, -0.2) is 5.43 Å². The summed E-state index contributed by atoms with van der Waals surface area (Å²) in [6.45, 7) is 1.27. The Morgan fingerprint density at radius 3 is 2.64 bits per heavy atom. The number of halogens is 2. The van der Waals surface area contributed by atoms with Crippen molar-refractivity contribution in [3.8, 4) is 5.75 Å². The van der Waals surface area contributed by atoms with Crippen molar-refractivity contribution in [2.24, 2.45) is 5.10 Å². The van der Waals surface area contributed by atoms with Crippen LogP contribution in [-0.2, 0) is 4.79 Å². The highest BCUT2D eigenvalue weighted by Gasteiger charge is 2.14. The zero-order chi connectivity index (χ0) is 18.4. The summed E-state index contributed by atoms with van der Waals surface area (Å²) in [7, 11) is 0. The van der Waals surface area contributed by atoms with Crippen LogP contribution in [0.1, 0.15) is 12.5 Å². The van der Waals surface area contributed by atoms with Gasteiger partial charge in [0.1, 0.15) is 0 Å². The summed E-state index contributed by atoms with van der Waals surface area (Å²) < 4.78 is 5.17. The van der Waals surface area contributed by atoms with Gasteiger partial charge in [-0.3, -0.25) is 14.9 Å². The second kappa shape index (κ2) is 8.46. The van der Waals surface area contributed by atoms with Crippen LogP contribution in [0.5, 0.6) is 5.75 Å². The fraction of sp³-hybridized carbons (Fsp3) is 0.125. The minimum Gasteiger partial charge on any atom is -0.477 e. The van der Waals surface area contributed by atoms with E-state index in [0.29, 0.717) is 21.3 Å². The van der Waals surface area contributed by atoms with Crippen molar-refractivity contribution in [3.05, 3.63) is 68.2 Å². The number of nitro groups is 1. The predicted octanol–water partition coefficient (Wildman–Crippen LogP) is 3.82. The number of amides is 1. The average Bonchev–Trinajstić information content (AvgIpc) is 2.60. The number of nitro benzene ring substituents is 1. The third-order valence-electron chi connectivity index (χ3n) is 3.11. The normalized spacial score (nSPS) is 11.1. The molecule has 0 bridgehead atoms. The lowest BCUT2D eigenvalue weighted by atomic mass is 10.1. The molecule has 1 N–H and O–H groups in total. The van der Waals surface area contributed by atoms with Gasteiger partial charge >= 0.3 is 5.69 Å². The predicted molar refractivity (Wildman–Crippen MR) is 95.4 cm³/mol. The van der Waals surface area contributed by atoms with E-state index < -0.39 is 17.4 Å². The van der Waals surface area contributed by atoms with Crippen LogP contribution in [0.25, 0.3) is 0 Å². The Balaban J connectivity index is 1.96. The van der Waals surface area contributed by atoms with E-state index >= 15 is 0 Å². The lowest BCUT2D eigenvalue weighted by Crippen LogP contribution is -2.25. The number of hydrogen-bond donors (Lipinski definition) is 1. The van der Waals surface area contributed by atoms with Crippen LogP contribution in [0.4, 0.5) is 5.69 Å². The molecule has 0 spiro atoms. The molecule has 9 heteroatoms. The van der Waals surface area contributed by atoms with E-state index in [1.165, 1.54) is 18.2 Å². The molecule has 2 rings (SSSR count). The smallest absolute Gasteiger partial charge is 0.310 e. The van der Waals surface area contributed by atoms with Gasteiger partial charge in [-0.2, -0.15) is 5.10 Å². The lowest BCUT2D eigenvalue weighted by molar-refractivity contribution is -0.385. The molecule has 130 valence electrons. The van der Waals surface area contributed by atoms with Crippen molar-refractivity contribution in [1.29, 1.82) is 0 Å². The summed E-state index contributed by atoms with van der Waals surface area (Å²) in [6, 6.07) is 10.7. The number of hydrazone groups is 1. The van der Waals surface area contributed by atoms with Gasteiger partial charge in [-0.15, -0.1) is 0 Å². The molecule has 0 unspecified atom stereocenters. The summed E-state index contributed by atoms with van der Waals surface area (Å²) in [5.74, 6) is -0.551. The number of hydrogen-bond acceptors (Lipinski definition) is 5. The molecule has 0 radical (unpaired) electrons. The topological polar surface area (TPSA) is 93.8 Å². The molecule has 0 atom stereocenters. The third kappa shape index (κ3) is 5.17. The fourth-order valence-corrected chi connectivity index (χ4v) is 2.14. The highest BCUT2D eigenvalue weighted by molar-refractivity contribution is 6.42. The molecule has 1 amide bonds. The number of rotatable bonds is 6. The van der Waals surface area contributed by atoms with E-state index in [4.69, 9.17) is 27.9 Å². The molecular weight excluding hydrogens is 369 g/mol. The zero-order valence-corrected chi connectivity index (χ0v) is 14.5. The maximum Gasteiger partial charge on any atom is 0.310 e. The molecule has 0 aromatic heterocycles. The summed E-state index contributed by atoms with van der Waals surface area (Å²) in [6.07, 6.45) is 0. The molecule has 0 aliphatic heterocycles. The lowest BCUT2D eigenvalue weighted by Gasteiger charge is -2.06. The number of nitrogens with zero attached hydrogens (tertiary/aromatic N) is 2. The van der Waals surface area contributed by atoms with E-state index in [9.17, 15) is 14.9 Å². The van der Waals surface area contributed by atoms with Crippen LogP contribution in [-0.4, -0.2) is 23.1 Å². The molecule has 0 aliphatic rings. The van der Waals surface area contributed by atoms with Crippen LogP contribution in [0, 0.1) is 10.1 Å². The standard InChI is InChI=1S/C16H13Cl2N3O4/c1-10(11-6-7-12(17)13(18)8-11)19-20-16(22)9-25-15-5-3-2-4-14(15)21(23)24/h2-8H,9H2,1H3,(H,20,22)/b19-10-. The van der Waals surface area contributed by atoms with Gasteiger partial charge in [-0.05, 0) is 30.7 Å². The maximum absolute atomic E-state index is 11.8. The first-order chi connectivity index (χ1) is 11.9. The molecule has 0 saturated heterocycles. The number of para-hydroxylation sites is 2. The number of ether oxygens (including phenoxy) is 1. The number of carbonyl (C=O) groups excluding carboxylic acids is 1. The summed E-state index contributed by atoms with van der Waals surface area (Å²) in [4.78, 5) is 22.1. The molecular formula is C16H13Cl2N3O4. The van der Waals surface area contributed by atoms with E-state index in [2.05, 4.69) is 10.5 Å². The quantitative estimate of drug-likeness (QED) is 0.467. The SMILES string of the molecule is C/C(=N/NC(=O)COc1ccccc1[N+](=O)[O-])c1ccc(Cl)c(Cl)c1. The summed E-state index contributed by atoms with van der Waals surface area (Å²) in [5, 5.41) is 15.6. The van der Waals surface area contributed by atoms with Gasteiger partial charge in [0.2, 0.25) is 0 Å². The van der Waals surface area contributed by atoms with Gasteiger partial charge < -0.3 is 4.74 Å². The maximum atomic E-state index is 11.8. The Bertz CT molecular complexity index is 840. The molecule has 2 aromatic rings. The Labute approximate surface area is 153 Å². The first kappa shape index (κ1) is 18.7. The van der Waals surface area contributed by atoms with Crippen molar-refractivity contribution < 1.29 is 14.5 Å². The first-order valence-corrected chi connectivity index (χ1v) is 7.79. The number of benzene rings is 2. The molecule has 7 nitrogen and oxygen atoms in total. The van der Waals surface area contributed by atoms with Gasteiger partial charge in [0.15, 0.2) is 12.4 Å². The number of nitrogens with one attached hydrogen (secondary N) is 1. The van der Waals surface area contributed by atoms with Gasteiger partial charge in [0, 0.05) is 6.07 Å². The Morgan fingerprint density at radius 1 is 1.24 bits per heavy atom. The molecule has 25 heavy (non-hydrogen) atoms. The van der Waals surface area contributed by atoms with Crippen molar-refractivity contribution in [1.82, 2.24) is 5.43 Å². The molecule has 0 aliphatic carbocycles. The molecule has 2 aromatic carbocycles. The van der Waals surface area contributed by atoms with Gasteiger partial charge in [-0.1, -0.05) is 41.4 Å². The van der Waals surface area contributed by atoms with Gasteiger partial charge in [0.25, 0.3) is 5.91 Å². The second-order valence-corrected chi connectivity index (χ2v) is 5.69. The van der Waals surface area contributed by atoms with Crippen LogP contribution >= 0.6 is 23.2 Å². The summed E-state index contributed by atoms with van der Waals surface area (Å²) >= 11 is 11.8. The average molecular weight is 382 g/mol. The van der Waals surface area contributed by atoms with E-state index in [0.717, 1.165) is 0 Å². The largest absolute Gasteiger partial charge is 0.477 e. The highest BCUT2D eigenvalue weighted by atomic mass is 35.5. The van der Waals surface area contributed by atoms with E-state index in [-0.39, 0.29) is 11.4 Å².